The molecular weight excluding hydrogens is 508 g/mol. The molecule has 0 aliphatic heterocycles. The summed E-state index contributed by atoms with van der Waals surface area (Å²) in [5.41, 5.74) is 9.94. The van der Waals surface area contributed by atoms with Gasteiger partial charge in [-0.05, 0) is 5.04 Å². The number of rotatable bonds is 2. The van der Waals surface area contributed by atoms with Gasteiger partial charge >= 0.3 is 21.7 Å². The van der Waals surface area contributed by atoms with E-state index in [0.29, 0.717) is 5.04 Å². The van der Waals surface area contributed by atoms with Gasteiger partial charge in [0, 0.05) is 9.52 Å². The summed E-state index contributed by atoms with van der Waals surface area (Å²) in [5, 5.41) is 0.601. The van der Waals surface area contributed by atoms with Crippen LogP contribution in [-0.4, -0.2) is 9.52 Å². The van der Waals surface area contributed by atoms with Crippen molar-refractivity contribution < 1.29 is 21.7 Å². The molecule has 1 aliphatic rings. The van der Waals surface area contributed by atoms with Crippen molar-refractivity contribution in [1.29, 1.82) is 0 Å². The van der Waals surface area contributed by atoms with Crippen molar-refractivity contribution in [2.24, 2.45) is 0 Å². The molecule has 0 saturated carbocycles. The van der Waals surface area contributed by atoms with Gasteiger partial charge in [-0.2, -0.15) is 96.1 Å². The second-order valence-corrected chi connectivity index (χ2v) is 14.1. The van der Waals surface area contributed by atoms with Gasteiger partial charge in [0.05, 0.1) is 0 Å². The number of benzene rings is 3. The van der Waals surface area contributed by atoms with Crippen molar-refractivity contribution in [3.63, 3.8) is 0 Å². The van der Waals surface area contributed by atoms with Gasteiger partial charge in [-0.15, -0.1) is 36.4 Å². The third-order valence-electron chi connectivity index (χ3n) is 6.47. The summed E-state index contributed by atoms with van der Waals surface area (Å²) in [6, 6.07) is 33.6. The maximum atomic E-state index is 3.72. The molecule has 0 spiro atoms. The molecule has 1 aliphatic carbocycles. The van der Waals surface area contributed by atoms with Crippen LogP contribution < -0.4 is 0 Å². The van der Waals surface area contributed by atoms with Crippen LogP contribution in [0.4, 0.5) is 0 Å². The third-order valence-corrected chi connectivity index (χ3v) is 8.75. The van der Waals surface area contributed by atoms with Gasteiger partial charge in [0.15, 0.2) is 0 Å². The summed E-state index contributed by atoms with van der Waals surface area (Å²) in [4.78, 5) is 0. The zero-order chi connectivity index (χ0) is 27.1. The van der Waals surface area contributed by atoms with E-state index in [9.17, 15) is 0 Å². The molecule has 0 atom stereocenters. The van der Waals surface area contributed by atoms with Gasteiger partial charge in [0.1, 0.15) is 0 Å². The number of aryl methyl sites for hydroxylation is 1. The molecule has 0 aromatic heterocycles. The Morgan fingerprint density at radius 1 is 0.684 bits per heavy atom. The van der Waals surface area contributed by atoms with Crippen molar-refractivity contribution >= 4 is 9.52 Å². The van der Waals surface area contributed by atoms with E-state index in [1.54, 1.807) is 22.3 Å². The molecule has 0 nitrogen and oxygen atoms in total. The van der Waals surface area contributed by atoms with Crippen LogP contribution >= 0.6 is 0 Å². The summed E-state index contributed by atoms with van der Waals surface area (Å²) in [5.74, 6) is 0. The SMILES string of the molecule is C[c-]1c(C[SiH2]C(C)(C)C)cc2c1CCCC2.[CH2-]c1ccccc1.[CH2-]c1ccccc1.[CH2-]c1ccccc1.[Ti+4]. The predicted octanol–water partition coefficient (Wildman–Crippen LogP) is 9.08. The van der Waals surface area contributed by atoms with E-state index in [0.717, 1.165) is 16.7 Å². The second kappa shape index (κ2) is 17.9. The van der Waals surface area contributed by atoms with Crippen LogP contribution in [0.15, 0.2) is 97.1 Å². The van der Waals surface area contributed by atoms with Gasteiger partial charge < -0.3 is 0 Å². The average molecular weight is 555 g/mol. The van der Waals surface area contributed by atoms with Crippen molar-refractivity contribution in [2.75, 3.05) is 0 Å². The van der Waals surface area contributed by atoms with Crippen LogP contribution in [0.1, 0.15) is 72.6 Å². The molecular formula is C36H46SiTi. The second-order valence-electron chi connectivity index (χ2n) is 11.0. The summed E-state index contributed by atoms with van der Waals surface area (Å²) < 4.78 is 0. The van der Waals surface area contributed by atoms with E-state index < -0.39 is 0 Å². The third kappa shape index (κ3) is 13.9. The Hall–Kier alpha value is -2.45. The predicted molar refractivity (Wildman–Crippen MR) is 168 cm³/mol. The smallest absolute Gasteiger partial charge is 0.207 e. The first-order valence-electron chi connectivity index (χ1n) is 13.5. The largest absolute Gasteiger partial charge is 4.00 e. The molecule has 0 fully saturated rings. The van der Waals surface area contributed by atoms with Gasteiger partial charge in [0.25, 0.3) is 0 Å². The molecule has 198 valence electrons. The Morgan fingerprint density at radius 2 is 1.08 bits per heavy atom. The zero-order valence-electron chi connectivity index (χ0n) is 24.1. The number of hydrogen-bond acceptors (Lipinski definition) is 0. The molecule has 0 saturated heterocycles. The van der Waals surface area contributed by atoms with Crippen LogP contribution in [0.2, 0.25) is 5.04 Å². The maximum Gasteiger partial charge on any atom is 4.00 e. The van der Waals surface area contributed by atoms with Crippen molar-refractivity contribution in [1.82, 2.24) is 0 Å². The Kier molecular flexibility index (Phi) is 15.9. The summed E-state index contributed by atoms with van der Waals surface area (Å²) >= 11 is 0. The maximum absolute atomic E-state index is 3.72. The molecule has 0 heterocycles. The van der Waals surface area contributed by atoms with Gasteiger partial charge in [-0.25, -0.2) is 6.07 Å². The fourth-order valence-electron chi connectivity index (χ4n) is 4.23. The van der Waals surface area contributed by atoms with Gasteiger partial charge in [0.2, 0.25) is 0 Å². The van der Waals surface area contributed by atoms with Crippen molar-refractivity contribution in [3.05, 3.63) is 157 Å². The molecule has 5 rings (SSSR count). The molecule has 0 unspecified atom stereocenters. The number of hydrogen-bond donors (Lipinski definition) is 0. The van der Waals surface area contributed by atoms with E-state index >= 15 is 0 Å². The summed E-state index contributed by atoms with van der Waals surface area (Å²) in [6.45, 7) is 20.7. The monoisotopic (exact) mass is 554 g/mol. The van der Waals surface area contributed by atoms with E-state index in [4.69, 9.17) is 0 Å². The van der Waals surface area contributed by atoms with Crippen LogP contribution in [-0.2, 0) is 40.6 Å². The van der Waals surface area contributed by atoms with Crippen LogP contribution in [0.5, 0.6) is 0 Å². The Balaban J connectivity index is 0.000000276. The summed E-state index contributed by atoms with van der Waals surface area (Å²) in [6.07, 6.45) is 5.51. The van der Waals surface area contributed by atoms with Crippen molar-refractivity contribution in [2.45, 2.75) is 64.5 Å². The Bertz CT molecular complexity index is 1030. The van der Waals surface area contributed by atoms with Gasteiger partial charge in [-0.1, -0.05) is 77.6 Å². The molecule has 0 amide bonds. The molecule has 4 aromatic carbocycles. The topological polar surface area (TPSA) is 0 Å². The van der Waals surface area contributed by atoms with E-state index in [2.05, 4.69) is 54.5 Å². The average Bonchev–Trinajstić information content (AvgIpc) is 3.21. The standard InChI is InChI=1S/C15H25Si.3C7H7.Ti/c1-11-13(10-16-15(2,3)4)9-12-7-5-6-8-14(11)12;3*1-7-5-3-2-4-6-7;/h9H,5-8,10,16H2,1-4H3;3*2-6H,1H2;/q4*-1;+4. The Morgan fingerprint density at radius 3 is 1.39 bits per heavy atom. The van der Waals surface area contributed by atoms with E-state index in [1.807, 2.05) is 91.0 Å². The molecule has 0 N–H and O–H groups in total. The molecule has 0 radical (unpaired) electrons. The van der Waals surface area contributed by atoms with E-state index in [-0.39, 0.29) is 31.2 Å². The minimum absolute atomic E-state index is 0. The minimum Gasteiger partial charge on any atom is -0.207 e. The van der Waals surface area contributed by atoms with Crippen LogP contribution in [0, 0.1) is 27.7 Å². The fourth-order valence-corrected chi connectivity index (χ4v) is 5.77. The summed E-state index contributed by atoms with van der Waals surface area (Å²) in [7, 11) is 0.0324. The quantitative estimate of drug-likeness (QED) is 0.171. The number of fused-ring (bicyclic) bond motifs is 1. The normalized spacial score (nSPS) is 11.9. The minimum atomic E-state index is 0. The first-order chi connectivity index (χ1) is 17.7. The molecule has 2 heteroatoms. The van der Waals surface area contributed by atoms with Gasteiger partial charge in [-0.3, -0.25) is 0 Å². The van der Waals surface area contributed by atoms with Crippen molar-refractivity contribution in [3.8, 4) is 0 Å². The Labute approximate surface area is 251 Å². The first-order valence-corrected chi connectivity index (χ1v) is 15.2. The molecule has 4 aromatic rings. The first kappa shape index (κ1) is 33.6. The molecule has 0 bridgehead atoms. The molecule has 38 heavy (non-hydrogen) atoms. The van der Waals surface area contributed by atoms with Crippen LogP contribution in [0.3, 0.4) is 0 Å². The van der Waals surface area contributed by atoms with Crippen LogP contribution in [0.25, 0.3) is 0 Å². The fraction of sp³-hybridized carbons (Fsp3) is 0.278. The zero-order valence-corrected chi connectivity index (χ0v) is 27.1. The van der Waals surface area contributed by atoms with E-state index in [1.165, 1.54) is 31.7 Å².